The minimum absolute atomic E-state index is 0.0803. The van der Waals surface area contributed by atoms with Crippen molar-refractivity contribution in [3.05, 3.63) is 35.4 Å². The fourth-order valence-corrected chi connectivity index (χ4v) is 1.16. The third-order valence-corrected chi connectivity index (χ3v) is 2.15. The molecule has 0 aliphatic carbocycles. The maximum atomic E-state index is 8.92. The quantitative estimate of drug-likeness (QED) is 0.480. The molecule has 4 nitrogen and oxygen atoms in total. The molecule has 0 fully saturated rings. The van der Waals surface area contributed by atoms with Crippen LogP contribution in [0.25, 0.3) is 0 Å². The second-order valence-electron chi connectivity index (χ2n) is 3.45. The van der Waals surface area contributed by atoms with Gasteiger partial charge in [0.2, 0.25) is 0 Å². The Labute approximate surface area is 89.6 Å². The summed E-state index contributed by atoms with van der Waals surface area (Å²) in [6, 6.07) is 7.42. The zero-order valence-electron chi connectivity index (χ0n) is 8.85. The normalized spacial score (nSPS) is 13.9. The molecule has 0 heterocycles. The molecule has 5 N–H and O–H groups in total. The molecule has 1 aromatic carbocycles. The van der Waals surface area contributed by atoms with Crippen LogP contribution in [0.15, 0.2) is 29.3 Å². The fraction of sp³-hybridized carbons (Fsp3) is 0.364. The second-order valence-corrected chi connectivity index (χ2v) is 3.45. The van der Waals surface area contributed by atoms with E-state index in [1.54, 1.807) is 0 Å². The molecule has 0 saturated heterocycles. The van der Waals surface area contributed by atoms with Crippen LogP contribution in [0.3, 0.4) is 0 Å². The smallest absolute Gasteiger partial charge is 0.126 e. The monoisotopic (exact) mass is 207 g/mol. The van der Waals surface area contributed by atoms with Crippen LogP contribution in [-0.4, -0.2) is 30.1 Å². The zero-order chi connectivity index (χ0) is 11.3. The van der Waals surface area contributed by atoms with Gasteiger partial charge in [0.25, 0.3) is 0 Å². The van der Waals surface area contributed by atoms with Gasteiger partial charge in [-0.2, -0.15) is 0 Å². The van der Waals surface area contributed by atoms with Crippen LogP contribution in [-0.2, 0) is 0 Å². The first kappa shape index (κ1) is 11.7. The number of nitrogens with zero attached hydrogens (tertiary/aromatic N) is 1. The number of amidine groups is 1. The Kier molecular flexibility index (Phi) is 4.27. The summed E-state index contributed by atoms with van der Waals surface area (Å²) in [6.07, 6.45) is 0. The van der Waals surface area contributed by atoms with Crippen molar-refractivity contribution >= 4 is 5.84 Å². The highest BCUT2D eigenvalue weighted by atomic mass is 16.3. The van der Waals surface area contributed by atoms with Gasteiger partial charge in [-0.25, -0.2) is 0 Å². The SMILES string of the molecule is Cc1ccc(C(N)=NC(CN)CO)cc1. The van der Waals surface area contributed by atoms with Crippen LogP contribution in [0.4, 0.5) is 0 Å². The molecular weight excluding hydrogens is 190 g/mol. The third-order valence-electron chi connectivity index (χ3n) is 2.15. The van der Waals surface area contributed by atoms with Crippen molar-refractivity contribution in [1.82, 2.24) is 0 Å². The molecule has 0 bridgehead atoms. The van der Waals surface area contributed by atoms with Crippen molar-refractivity contribution in [2.45, 2.75) is 13.0 Å². The van der Waals surface area contributed by atoms with Crippen molar-refractivity contribution in [2.75, 3.05) is 13.2 Å². The van der Waals surface area contributed by atoms with Gasteiger partial charge in [-0.15, -0.1) is 0 Å². The van der Waals surface area contributed by atoms with Crippen molar-refractivity contribution in [2.24, 2.45) is 16.5 Å². The zero-order valence-corrected chi connectivity index (χ0v) is 8.85. The van der Waals surface area contributed by atoms with Crippen molar-refractivity contribution in [3.8, 4) is 0 Å². The van der Waals surface area contributed by atoms with Crippen molar-refractivity contribution in [3.63, 3.8) is 0 Å². The van der Waals surface area contributed by atoms with E-state index in [2.05, 4.69) is 4.99 Å². The average Bonchev–Trinajstić information content (AvgIpc) is 2.26. The molecule has 82 valence electrons. The molecule has 0 aliphatic heterocycles. The largest absolute Gasteiger partial charge is 0.394 e. The number of aryl methyl sites for hydroxylation is 1. The van der Waals surface area contributed by atoms with Crippen LogP contribution in [0.2, 0.25) is 0 Å². The molecule has 1 atom stereocenters. The summed E-state index contributed by atoms with van der Waals surface area (Å²) in [5, 5.41) is 8.92. The van der Waals surface area contributed by atoms with E-state index in [0.29, 0.717) is 12.4 Å². The van der Waals surface area contributed by atoms with E-state index in [9.17, 15) is 0 Å². The number of nitrogens with two attached hydrogens (primary N) is 2. The predicted molar refractivity (Wildman–Crippen MR) is 61.8 cm³/mol. The Bertz CT molecular complexity index is 328. The van der Waals surface area contributed by atoms with Gasteiger partial charge in [-0.05, 0) is 6.92 Å². The van der Waals surface area contributed by atoms with Crippen molar-refractivity contribution in [1.29, 1.82) is 0 Å². The molecular formula is C11H17N3O. The number of aliphatic hydroxyl groups excluding tert-OH is 1. The summed E-state index contributed by atoms with van der Waals surface area (Å²) in [7, 11) is 0. The fourth-order valence-electron chi connectivity index (χ4n) is 1.16. The highest BCUT2D eigenvalue weighted by molar-refractivity contribution is 5.97. The summed E-state index contributed by atoms with van der Waals surface area (Å²) in [5.41, 5.74) is 13.2. The molecule has 0 aromatic heterocycles. The van der Waals surface area contributed by atoms with Crippen molar-refractivity contribution < 1.29 is 5.11 Å². The number of benzene rings is 1. The lowest BCUT2D eigenvalue weighted by Gasteiger charge is -2.08. The molecule has 1 aromatic rings. The van der Waals surface area contributed by atoms with Crippen LogP contribution in [0.1, 0.15) is 11.1 Å². The van der Waals surface area contributed by atoms with E-state index >= 15 is 0 Å². The van der Waals surface area contributed by atoms with Gasteiger partial charge in [0.15, 0.2) is 0 Å². The van der Waals surface area contributed by atoms with E-state index < -0.39 is 0 Å². The molecule has 0 aliphatic rings. The standard InChI is InChI=1S/C11H17N3O/c1-8-2-4-9(5-3-8)11(13)14-10(6-12)7-15/h2-5,10,15H,6-7,12H2,1H3,(H2,13,14). The van der Waals surface area contributed by atoms with Crippen LogP contribution < -0.4 is 11.5 Å². The minimum atomic E-state index is -0.314. The summed E-state index contributed by atoms with van der Waals surface area (Å²) in [5.74, 6) is 0.416. The van der Waals surface area contributed by atoms with Gasteiger partial charge in [0.05, 0.1) is 12.6 Å². The van der Waals surface area contributed by atoms with Gasteiger partial charge in [0.1, 0.15) is 5.84 Å². The maximum absolute atomic E-state index is 8.92. The third kappa shape index (κ3) is 3.34. The Balaban J connectivity index is 2.83. The van der Waals surface area contributed by atoms with E-state index in [1.807, 2.05) is 31.2 Å². The topological polar surface area (TPSA) is 84.6 Å². The second kappa shape index (κ2) is 5.48. The molecule has 4 heteroatoms. The van der Waals surface area contributed by atoms with Gasteiger partial charge in [-0.3, -0.25) is 4.99 Å². The molecule has 1 unspecified atom stereocenters. The Hall–Kier alpha value is -1.39. The minimum Gasteiger partial charge on any atom is -0.394 e. The lowest BCUT2D eigenvalue weighted by molar-refractivity contribution is 0.269. The number of aliphatic imine (C=N–C) groups is 1. The lowest BCUT2D eigenvalue weighted by Crippen LogP contribution is -2.26. The van der Waals surface area contributed by atoms with Gasteiger partial charge >= 0.3 is 0 Å². The molecule has 0 radical (unpaired) electrons. The van der Waals surface area contributed by atoms with Crippen LogP contribution in [0.5, 0.6) is 0 Å². The molecule has 15 heavy (non-hydrogen) atoms. The van der Waals surface area contributed by atoms with E-state index in [-0.39, 0.29) is 12.6 Å². The molecule has 1 rings (SSSR count). The first-order valence-corrected chi connectivity index (χ1v) is 4.88. The molecule has 0 spiro atoms. The average molecular weight is 207 g/mol. The Morgan fingerprint density at radius 1 is 1.40 bits per heavy atom. The predicted octanol–water partition coefficient (Wildman–Crippen LogP) is 0.0199. The summed E-state index contributed by atoms with van der Waals surface area (Å²) in [4.78, 5) is 4.13. The van der Waals surface area contributed by atoms with Gasteiger partial charge in [0, 0.05) is 12.1 Å². The van der Waals surface area contributed by atoms with Gasteiger partial charge in [-0.1, -0.05) is 29.8 Å². The van der Waals surface area contributed by atoms with E-state index in [0.717, 1.165) is 5.56 Å². The van der Waals surface area contributed by atoms with Crippen LogP contribution >= 0.6 is 0 Å². The maximum Gasteiger partial charge on any atom is 0.126 e. The highest BCUT2D eigenvalue weighted by Crippen LogP contribution is 2.03. The summed E-state index contributed by atoms with van der Waals surface area (Å²) < 4.78 is 0. The van der Waals surface area contributed by atoms with Gasteiger partial charge < -0.3 is 16.6 Å². The highest BCUT2D eigenvalue weighted by Gasteiger charge is 2.04. The van der Waals surface area contributed by atoms with Crippen LogP contribution in [0, 0.1) is 6.92 Å². The van der Waals surface area contributed by atoms with E-state index in [1.165, 1.54) is 5.56 Å². The number of hydrogen-bond acceptors (Lipinski definition) is 3. The first-order chi connectivity index (χ1) is 7.17. The Morgan fingerprint density at radius 3 is 2.47 bits per heavy atom. The molecule has 0 saturated carbocycles. The Morgan fingerprint density at radius 2 is 2.00 bits per heavy atom. The first-order valence-electron chi connectivity index (χ1n) is 4.88. The number of hydrogen-bond donors (Lipinski definition) is 3. The van der Waals surface area contributed by atoms with E-state index in [4.69, 9.17) is 16.6 Å². The number of aliphatic hydroxyl groups is 1. The molecule has 0 amide bonds. The number of rotatable bonds is 4. The lowest BCUT2D eigenvalue weighted by atomic mass is 10.1. The summed E-state index contributed by atoms with van der Waals surface area (Å²) in [6.45, 7) is 2.22. The summed E-state index contributed by atoms with van der Waals surface area (Å²) >= 11 is 0.